The van der Waals surface area contributed by atoms with Gasteiger partial charge in [-0.15, -0.1) is 0 Å². The summed E-state index contributed by atoms with van der Waals surface area (Å²) in [4.78, 5) is 26.3. The molecule has 2 aliphatic rings. The quantitative estimate of drug-likeness (QED) is 0.343. The molecule has 13 nitrogen and oxygen atoms in total. The fraction of sp³-hybridized carbons (Fsp3) is 0.571. The molecule has 0 aromatic carbocycles. The molecular weight excluding hydrogens is 444 g/mol. The van der Waals surface area contributed by atoms with Crippen LogP contribution >= 0.6 is 0 Å². The molecule has 0 bridgehead atoms. The van der Waals surface area contributed by atoms with Gasteiger partial charge in [0.15, 0.2) is 23.2 Å². The lowest BCUT2D eigenvalue weighted by molar-refractivity contribution is -0.107. The van der Waals surface area contributed by atoms with E-state index >= 15 is 0 Å². The number of amides is 1. The number of carbonyl (C=O) groups is 1. The number of imidazole rings is 1. The molecule has 1 aliphatic heterocycles. The first-order chi connectivity index (χ1) is 16.5. The van der Waals surface area contributed by atoms with Crippen LogP contribution in [-0.4, -0.2) is 89.0 Å². The molecule has 4 atom stereocenters. The van der Waals surface area contributed by atoms with E-state index in [1.165, 1.54) is 33.1 Å². The largest absolute Gasteiger partial charge is 0.394 e. The Hall–Kier alpha value is -3.13. The van der Waals surface area contributed by atoms with Gasteiger partial charge in [-0.3, -0.25) is 9.36 Å². The lowest BCUT2D eigenvalue weighted by Gasteiger charge is -2.23. The van der Waals surface area contributed by atoms with E-state index in [9.17, 15) is 20.1 Å². The van der Waals surface area contributed by atoms with Crippen molar-refractivity contribution in [2.45, 2.75) is 62.7 Å². The van der Waals surface area contributed by atoms with Crippen LogP contribution in [0.15, 0.2) is 18.7 Å². The number of nitrogens with zero attached hydrogens (tertiary/aromatic N) is 7. The Balaban J connectivity index is 1.58. The third kappa shape index (κ3) is 4.00. The minimum absolute atomic E-state index is 0.241. The maximum atomic E-state index is 11.1. The van der Waals surface area contributed by atoms with Gasteiger partial charge in [0.25, 0.3) is 5.95 Å². The first kappa shape index (κ1) is 22.7. The molecule has 5 rings (SSSR count). The molecule has 0 spiro atoms. The summed E-state index contributed by atoms with van der Waals surface area (Å²) >= 11 is 0. The molecule has 1 saturated carbocycles. The molecule has 13 heteroatoms. The lowest BCUT2D eigenvalue weighted by atomic mass is 9.95. The van der Waals surface area contributed by atoms with Gasteiger partial charge in [-0.05, 0) is 12.8 Å². The summed E-state index contributed by atoms with van der Waals surface area (Å²) in [5.74, 6) is 0.767. The van der Waals surface area contributed by atoms with Crippen LogP contribution in [0.3, 0.4) is 0 Å². The number of nitrogens with one attached hydrogen (secondary N) is 1. The van der Waals surface area contributed by atoms with Gasteiger partial charge in [-0.2, -0.15) is 15.1 Å². The normalized spacial score (nSPS) is 25.6. The first-order valence-electron chi connectivity index (χ1n) is 11.4. The number of carbonyl (C=O) groups excluding carboxylic acids is 1. The van der Waals surface area contributed by atoms with Crippen LogP contribution in [0, 0.1) is 0 Å². The van der Waals surface area contributed by atoms with Crippen LogP contribution in [0.5, 0.6) is 0 Å². The molecule has 1 amide bonds. The summed E-state index contributed by atoms with van der Waals surface area (Å²) in [6.45, 7) is -0.434. The summed E-state index contributed by atoms with van der Waals surface area (Å²) in [7, 11) is 1.62. The summed E-state index contributed by atoms with van der Waals surface area (Å²) in [6, 6.07) is 0.244. The Morgan fingerprint density at radius 2 is 2.03 bits per heavy atom. The van der Waals surface area contributed by atoms with E-state index in [0.29, 0.717) is 29.1 Å². The topological polar surface area (TPSA) is 164 Å². The molecule has 4 N–H and O–H groups in total. The predicted molar refractivity (Wildman–Crippen MR) is 120 cm³/mol. The van der Waals surface area contributed by atoms with Gasteiger partial charge in [0.1, 0.15) is 18.3 Å². The van der Waals surface area contributed by atoms with Crippen LogP contribution in [0.2, 0.25) is 0 Å². The Labute approximate surface area is 195 Å². The Bertz CT molecular complexity index is 1160. The number of rotatable bonds is 7. The fourth-order valence-electron chi connectivity index (χ4n) is 4.51. The van der Waals surface area contributed by atoms with E-state index in [2.05, 4.69) is 25.4 Å². The number of aromatic nitrogens is 6. The number of hydrogen-bond donors (Lipinski definition) is 4. The highest BCUT2D eigenvalue weighted by Crippen LogP contribution is 2.33. The third-order valence-corrected chi connectivity index (χ3v) is 6.49. The van der Waals surface area contributed by atoms with E-state index in [4.69, 9.17) is 4.74 Å². The number of fused-ring (bicyclic) bond motifs is 1. The van der Waals surface area contributed by atoms with E-state index in [1.54, 1.807) is 13.2 Å². The second kappa shape index (κ2) is 9.25. The molecular formula is C21H28N8O5. The highest BCUT2D eigenvalue weighted by molar-refractivity contribution is 5.84. The zero-order valence-electron chi connectivity index (χ0n) is 18.7. The van der Waals surface area contributed by atoms with Gasteiger partial charge in [-0.1, -0.05) is 19.3 Å². The smallest absolute Gasteiger partial charge is 0.254 e. The minimum atomic E-state index is -1.28. The highest BCUT2D eigenvalue weighted by atomic mass is 16.6. The van der Waals surface area contributed by atoms with Crippen molar-refractivity contribution < 1.29 is 24.9 Å². The maximum Gasteiger partial charge on any atom is 0.254 e. The lowest BCUT2D eigenvalue weighted by Crippen LogP contribution is -2.33. The summed E-state index contributed by atoms with van der Waals surface area (Å²) in [5.41, 5.74) is 1.43. The van der Waals surface area contributed by atoms with Gasteiger partial charge < -0.3 is 30.3 Å². The standard InChI is InChI=1S/C21H28N8O5/c1-27(11-31)13-7-23-29(8-13)21-25-18(24-12-5-3-2-4-6-12)15-19(26-21)28(10-22-15)20-17(33)16(32)14(9-30)34-20/h7-8,10-12,14,16-17,20,30,32-33H,2-6,9H2,1H3,(H,24,25,26)/t14-,16-,17-,20?/m1/s1. The van der Waals surface area contributed by atoms with Crippen LogP contribution in [-0.2, 0) is 9.53 Å². The third-order valence-electron chi connectivity index (χ3n) is 6.49. The summed E-state index contributed by atoms with van der Waals surface area (Å²) in [5, 5.41) is 38.0. The van der Waals surface area contributed by atoms with Gasteiger partial charge in [-0.25, -0.2) is 9.67 Å². The number of aliphatic hydroxyl groups excluding tert-OH is 3. The van der Waals surface area contributed by atoms with E-state index in [1.807, 2.05) is 0 Å². The Morgan fingerprint density at radius 1 is 1.24 bits per heavy atom. The van der Waals surface area contributed by atoms with Crippen LogP contribution in [0.25, 0.3) is 17.1 Å². The maximum absolute atomic E-state index is 11.1. The average Bonchev–Trinajstić information content (AvgIpc) is 3.58. The molecule has 182 valence electrons. The molecule has 1 aliphatic carbocycles. The van der Waals surface area contributed by atoms with E-state index < -0.39 is 31.1 Å². The molecule has 4 heterocycles. The number of aliphatic hydroxyl groups is 3. The number of anilines is 2. The molecule has 1 saturated heterocycles. The van der Waals surface area contributed by atoms with Crippen molar-refractivity contribution >= 4 is 29.1 Å². The second-order valence-electron chi connectivity index (χ2n) is 8.76. The number of ether oxygens (including phenoxy) is 1. The monoisotopic (exact) mass is 472 g/mol. The number of hydrogen-bond acceptors (Lipinski definition) is 10. The Morgan fingerprint density at radius 3 is 2.74 bits per heavy atom. The predicted octanol–water partition coefficient (Wildman–Crippen LogP) is -0.0393. The van der Waals surface area contributed by atoms with Gasteiger partial charge in [0.05, 0.1) is 31.0 Å². The van der Waals surface area contributed by atoms with Crippen molar-refractivity contribution in [1.82, 2.24) is 29.3 Å². The van der Waals surface area contributed by atoms with Crippen molar-refractivity contribution in [2.75, 3.05) is 23.9 Å². The summed E-state index contributed by atoms with van der Waals surface area (Å²) in [6.07, 6.45) is 6.40. The van der Waals surface area contributed by atoms with Crippen LogP contribution in [0.1, 0.15) is 38.3 Å². The van der Waals surface area contributed by atoms with Gasteiger partial charge >= 0.3 is 0 Å². The van der Waals surface area contributed by atoms with Crippen molar-refractivity contribution in [2.24, 2.45) is 0 Å². The van der Waals surface area contributed by atoms with Crippen molar-refractivity contribution in [3.05, 3.63) is 18.7 Å². The molecule has 3 aromatic heterocycles. The first-order valence-corrected chi connectivity index (χ1v) is 11.4. The molecule has 1 unspecified atom stereocenters. The van der Waals surface area contributed by atoms with Crippen LogP contribution in [0.4, 0.5) is 11.5 Å². The van der Waals surface area contributed by atoms with E-state index in [-0.39, 0.29) is 12.0 Å². The Kier molecular flexibility index (Phi) is 6.16. The molecule has 3 aromatic rings. The SMILES string of the molecule is CN(C=O)c1cnn(-c2nc(NC3CCCCC3)c3ncn(C4O[C@H](CO)[C@@H](O)[C@H]4O)c3n2)c1. The zero-order valence-corrected chi connectivity index (χ0v) is 18.7. The van der Waals surface area contributed by atoms with E-state index in [0.717, 1.165) is 25.7 Å². The fourth-order valence-corrected chi connectivity index (χ4v) is 4.51. The molecule has 2 fully saturated rings. The van der Waals surface area contributed by atoms with Gasteiger partial charge in [0, 0.05) is 13.1 Å². The average molecular weight is 473 g/mol. The second-order valence-corrected chi connectivity index (χ2v) is 8.76. The molecule has 0 radical (unpaired) electrons. The van der Waals surface area contributed by atoms with Crippen molar-refractivity contribution in [3.8, 4) is 5.95 Å². The van der Waals surface area contributed by atoms with Crippen molar-refractivity contribution in [3.63, 3.8) is 0 Å². The van der Waals surface area contributed by atoms with Crippen molar-refractivity contribution in [1.29, 1.82) is 0 Å². The highest BCUT2D eigenvalue weighted by Gasteiger charge is 2.44. The van der Waals surface area contributed by atoms with Gasteiger partial charge in [0.2, 0.25) is 6.41 Å². The zero-order chi connectivity index (χ0) is 23.8. The minimum Gasteiger partial charge on any atom is -0.394 e. The van der Waals surface area contributed by atoms with Crippen LogP contribution < -0.4 is 10.2 Å². The summed E-state index contributed by atoms with van der Waals surface area (Å²) < 4.78 is 8.68. The molecule has 34 heavy (non-hydrogen) atoms.